The smallest absolute Gasteiger partial charge is 0.257 e. The Morgan fingerprint density at radius 1 is 1.21 bits per heavy atom. The normalized spacial score (nSPS) is 15.5. The van der Waals surface area contributed by atoms with Crippen LogP contribution < -0.4 is 15.8 Å². The summed E-state index contributed by atoms with van der Waals surface area (Å²) < 4.78 is 5.27. The van der Waals surface area contributed by atoms with Crippen LogP contribution in [0.25, 0.3) is 11.1 Å². The zero-order valence-electron chi connectivity index (χ0n) is 16.6. The topological polar surface area (TPSA) is 90.1 Å². The largest absolute Gasteiger partial charge is 0.497 e. The molecule has 0 bridgehead atoms. The number of nitrogens with zero attached hydrogens (tertiary/aromatic N) is 2. The minimum absolute atomic E-state index is 0.156. The first-order valence-electron chi connectivity index (χ1n) is 9.68. The van der Waals surface area contributed by atoms with E-state index >= 15 is 0 Å². The maximum absolute atomic E-state index is 12.8. The van der Waals surface area contributed by atoms with E-state index in [1.54, 1.807) is 25.7 Å². The highest BCUT2D eigenvalue weighted by atomic mass is 16.5. The second-order valence-electron chi connectivity index (χ2n) is 7.43. The Morgan fingerprint density at radius 3 is 2.86 bits per heavy atom. The third-order valence-corrected chi connectivity index (χ3v) is 5.30. The fraction of sp³-hybridized carbons (Fsp3) is 0.261. The van der Waals surface area contributed by atoms with Gasteiger partial charge in [-0.3, -0.25) is 14.8 Å². The van der Waals surface area contributed by atoms with Crippen LogP contribution in [0.5, 0.6) is 5.75 Å². The summed E-state index contributed by atoms with van der Waals surface area (Å²) >= 11 is 0. The van der Waals surface area contributed by atoms with E-state index in [9.17, 15) is 4.79 Å². The van der Waals surface area contributed by atoms with Gasteiger partial charge in [0, 0.05) is 29.7 Å². The van der Waals surface area contributed by atoms with Crippen molar-refractivity contribution in [2.24, 2.45) is 5.73 Å². The van der Waals surface area contributed by atoms with Gasteiger partial charge >= 0.3 is 0 Å². The molecule has 1 aliphatic carbocycles. The number of methoxy groups -OCH3 is 1. The van der Waals surface area contributed by atoms with Crippen molar-refractivity contribution in [3.05, 3.63) is 71.3 Å². The van der Waals surface area contributed by atoms with Crippen molar-refractivity contribution in [2.45, 2.75) is 32.2 Å². The van der Waals surface area contributed by atoms with E-state index in [1.807, 2.05) is 37.3 Å². The molecule has 1 atom stereocenters. The molecular formula is C23H24N4O2. The number of anilines is 1. The summed E-state index contributed by atoms with van der Waals surface area (Å²) in [6.07, 6.45) is 7.66. The molecule has 29 heavy (non-hydrogen) atoms. The van der Waals surface area contributed by atoms with E-state index in [0.29, 0.717) is 11.3 Å². The summed E-state index contributed by atoms with van der Waals surface area (Å²) in [5, 5.41) is 2.93. The fourth-order valence-electron chi connectivity index (χ4n) is 3.72. The van der Waals surface area contributed by atoms with Gasteiger partial charge in [-0.05, 0) is 67.1 Å². The van der Waals surface area contributed by atoms with Crippen LogP contribution in [-0.4, -0.2) is 29.0 Å². The lowest BCUT2D eigenvalue weighted by Gasteiger charge is -2.21. The van der Waals surface area contributed by atoms with Crippen molar-refractivity contribution in [1.29, 1.82) is 0 Å². The highest BCUT2D eigenvalue weighted by Gasteiger charge is 2.18. The molecule has 1 unspecified atom stereocenters. The van der Waals surface area contributed by atoms with E-state index in [0.717, 1.165) is 53.0 Å². The number of pyridine rings is 2. The van der Waals surface area contributed by atoms with E-state index in [4.69, 9.17) is 10.5 Å². The van der Waals surface area contributed by atoms with Crippen LogP contribution in [0.1, 0.15) is 33.6 Å². The average molecular weight is 388 g/mol. The zero-order valence-corrected chi connectivity index (χ0v) is 16.6. The number of ether oxygens (including phenoxy) is 1. The predicted octanol–water partition coefficient (Wildman–Crippen LogP) is 3.53. The van der Waals surface area contributed by atoms with Crippen LogP contribution in [-0.2, 0) is 12.8 Å². The Kier molecular flexibility index (Phi) is 5.27. The Hall–Kier alpha value is -3.25. The van der Waals surface area contributed by atoms with Gasteiger partial charge in [0.1, 0.15) is 5.75 Å². The van der Waals surface area contributed by atoms with Gasteiger partial charge < -0.3 is 15.8 Å². The van der Waals surface area contributed by atoms with Gasteiger partial charge in [0.2, 0.25) is 0 Å². The maximum Gasteiger partial charge on any atom is 0.257 e. The minimum Gasteiger partial charge on any atom is -0.497 e. The van der Waals surface area contributed by atoms with Crippen molar-refractivity contribution in [1.82, 2.24) is 9.97 Å². The summed E-state index contributed by atoms with van der Waals surface area (Å²) in [6.45, 7) is 2.01. The Morgan fingerprint density at radius 2 is 2.07 bits per heavy atom. The second kappa shape index (κ2) is 8.01. The Balaban J connectivity index is 1.56. The number of aromatic nitrogens is 2. The van der Waals surface area contributed by atoms with Crippen molar-refractivity contribution in [3.8, 4) is 16.9 Å². The molecule has 1 amide bonds. The van der Waals surface area contributed by atoms with E-state index < -0.39 is 0 Å². The minimum atomic E-state index is -0.215. The van der Waals surface area contributed by atoms with Crippen molar-refractivity contribution < 1.29 is 9.53 Å². The van der Waals surface area contributed by atoms with Crippen LogP contribution in [0.4, 0.5) is 5.69 Å². The van der Waals surface area contributed by atoms with Gasteiger partial charge in [-0.15, -0.1) is 0 Å². The number of carbonyl (C=O) groups excluding carboxylic acids is 1. The van der Waals surface area contributed by atoms with E-state index in [1.165, 1.54) is 0 Å². The lowest BCUT2D eigenvalue weighted by molar-refractivity contribution is 0.102. The maximum atomic E-state index is 12.8. The highest BCUT2D eigenvalue weighted by Crippen LogP contribution is 2.27. The highest BCUT2D eigenvalue weighted by molar-refractivity contribution is 6.04. The number of carbonyl (C=O) groups is 1. The predicted molar refractivity (Wildman–Crippen MR) is 113 cm³/mol. The lowest BCUT2D eigenvalue weighted by atomic mass is 9.92. The molecule has 3 aromatic rings. The summed E-state index contributed by atoms with van der Waals surface area (Å²) in [7, 11) is 1.64. The van der Waals surface area contributed by atoms with Gasteiger partial charge in [0.15, 0.2) is 0 Å². The molecule has 1 aliphatic rings. The molecule has 0 saturated carbocycles. The number of hydrogen-bond acceptors (Lipinski definition) is 5. The number of fused-ring (bicyclic) bond motifs is 1. The molecular weight excluding hydrogens is 364 g/mol. The molecule has 6 nitrogen and oxygen atoms in total. The third kappa shape index (κ3) is 4.12. The summed E-state index contributed by atoms with van der Waals surface area (Å²) in [4.78, 5) is 21.6. The number of aryl methyl sites for hydroxylation is 2. The first-order valence-corrected chi connectivity index (χ1v) is 9.68. The molecule has 0 aliphatic heterocycles. The molecule has 3 N–H and O–H groups in total. The Bertz CT molecular complexity index is 1060. The summed E-state index contributed by atoms with van der Waals surface area (Å²) in [5.74, 6) is 0.583. The first-order chi connectivity index (χ1) is 14.0. The molecule has 0 fully saturated rings. The summed E-state index contributed by atoms with van der Waals surface area (Å²) in [5.41, 5.74) is 12.4. The molecule has 4 rings (SSSR count). The lowest BCUT2D eigenvalue weighted by Crippen LogP contribution is -2.28. The fourth-order valence-corrected chi connectivity index (χ4v) is 3.72. The monoisotopic (exact) mass is 388 g/mol. The third-order valence-electron chi connectivity index (χ3n) is 5.30. The standard InChI is InChI=1S/C23H24N4O2/c1-14-7-20(29-2)4-5-21(14)16-8-17(12-25-11-16)23(28)27-19-10-15-9-18(24)3-6-22(15)26-13-19/h4-5,7-8,10-13,18H,3,6,9,24H2,1-2H3,(H,27,28). The molecule has 0 radical (unpaired) electrons. The van der Waals surface area contributed by atoms with Crippen LogP contribution in [0.2, 0.25) is 0 Å². The van der Waals surface area contributed by atoms with Crippen LogP contribution >= 0.6 is 0 Å². The molecule has 2 heterocycles. The van der Waals surface area contributed by atoms with Crippen molar-refractivity contribution in [2.75, 3.05) is 12.4 Å². The average Bonchev–Trinajstić information content (AvgIpc) is 2.73. The quantitative estimate of drug-likeness (QED) is 0.714. The molecule has 1 aromatic carbocycles. The Labute approximate surface area is 170 Å². The SMILES string of the molecule is COc1ccc(-c2cncc(C(=O)Nc3cnc4c(c3)CC(N)CC4)c2)c(C)c1. The zero-order chi connectivity index (χ0) is 20.4. The molecule has 148 valence electrons. The van der Waals surface area contributed by atoms with Crippen molar-refractivity contribution >= 4 is 11.6 Å². The van der Waals surface area contributed by atoms with Gasteiger partial charge in [-0.1, -0.05) is 6.07 Å². The molecule has 2 aromatic heterocycles. The number of amides is 1. The number of nitrogens with one attached hydrogen (secondary N) is 1. The van der Waals surface area contributed by atoms with Crippen LogP contribution in [0, 0.1) is 6.92 Å². The van der Waals surface area contributed by atoms with Gasteiger partial charge in [-0.2, -0.15) is 0 Å². The molecule has 0 spiro atoms. The number of benzene rings is 1. The van der Waals surface area contributed by atoms with E-state index in [2.05, 4.69) is 15.3 Å². The van der Waals surface area contributed by atoms with Crippen molar-refractivity contribution in [3.63, 3.8) is 0 Å². The number of rotatable bonds is 4. The van der Waals surface area contributed by atoms with Gasteiger partial charge in [0.05, 0.1) is 24.6 Å². The van der Waals surface area contributed by atoms with Gasteiger partial charge in [0.25, 0.3) is 5.91 Å². The second-order valence-corrected chi connectivity index (χ2v) is 7.43. The molecule has 6 heteroatoms. The van der Waals surface area contributed by atoms with Crippen LogP contribution in [0.15, 0.2) is 48.9 Å². The number of hydrogen-bond donors (Lipinski definition) is 2. The van der Waals surface area contributed by atoms with Crippen LogP contribution in [0.3, 0.4) is 0 Å². The molecule has 0 saturated heterocycles. The van der Waals surface area contributed by atoms with E-state index in [-0.39, 0.29) is 11.9 Å². The first kappa shape index (κ1) is 19.1. The summed E-state index contributed by atoms with van der Waals surface area (Å²) in [6, 6.07) is 9.82. The van der Waals surface area contributed by atoms with Gasteiger partial charge in [-0.25, -0.2) is 0 Å². The number of nitrogens with two attached hydrogens (primary N) is 1.